The van der Waals surface area contributed by atoms with Crippen molar-refractivity contribution in [3.8, 4) is 0 Å². The van der Waals surface area contributed by atoms with Gasteiger partial charge in [-0.05, 0) is 59.7 Å². The van der Waals surface area contributed by atoms with Gasteiger partial charge >= 0.3 is 5.97 Å². The van der Waals surface area contributed by atoms with Crippen LogP contribution in [-0.2, 0) is 9.53 Å². The molecule has 0 atom stereocenters. The van der Waals surface area contributed by atoms with Crippen molar-refractivity contribution < 1.29 is 9.53 Å². The Balaban J connectivity index is 2.23. The van der Waals surface area contributed by atoms with Crippen molar-refractivity contribution >= 4 is 5.97 Å². The van der Waals surface area contributed by atoms with Crippen molar-refractivity contribution in [3.05, 3.63) is 0 Å². The molecule has 0 radical (unpaired) electrons. The molecule has 0 unspecified atom stereocenters. The molecule has 0 aromatic rings. The minimum absolute atomic E-state index is 0.0820. The zero-order valence-electron chi connectivity index (χ0n) is 10.4. The van der Waals surface area contributed by atoms with Crippen LogP contribution >= 0.6 is 0 Å². The summed E-state index contributed by atoms with van der Waals surface area (Å²) in [5, 5.41) is 0. The molecule has 0 amide bonds. The molecule has 88 valence electrons. The molecule has 3 heteroatoms. The maximum atomic E-state index is 11.5. The number of carbonyl (C=O) groups excluding carboxylic acids is 1. The first-order valence-electron chi connectivity index (χ1n) is 5.75. The Kier molecular flexibility index (Phi) is 4.14. The molecule has 1 saturated heterocycles. The van der Waals surface area contributed by atoms with E-state index < -0.39 is 0 Å². The predicted octanol–water partition coefficient (Wildman–Crippen LogP) is 1.92. The smallest absolute Gasteiger partial charge is 0.311 e. The zero-order valence-corrected chi connectivity index (χ0v) is 10.4. The number of esters is 1. The quantitative estimate of drug-likeness (QED) is 0.656. The summed E-state index contributed by atoms with van der Waals surface area (Å²) in [5.41, 5.74) is -0.370. The van der Waals surface area contributed by atoms with Gasteiger partial charge < -0.3 is 9.64 Å². The molecule has 3 nitrogen and oxygen atoms in total. The third-order valence-electron chi connectivity index (χ3n) is 2.90. The van der Waals surface area contributed by atoms with Crippen LogP contribution in [0.15, 0.2) is 0 Å². The predicted molar refractivity (Wildman–Crippen MR) is 60.6 cm³/mol. The Morgan fingerprint density at radius 2 is 1.87 bits per heavy atom. The molecule has 1 aliphatic rings. The Labute approximate surface area is 92.8 Å². The van der Waals surface area contributed by atoms with E-state index in [-0.39, 0.29) is 11.4 Å². The van der Waals surface area contributed by atoms with Crippen LogP contribution in [0.3, 0.4) is 0 Å². The number of likely N-dealkylation sites (tertiary alicyclic amines) is 1. The van der Waals surface area contributed by atoms with Gasteiger partial charge in [-0.3, -0.25) is 4.79 Å². The van der Waals surface area contributed by atoms with E-state index in [4.69, 9.17) is 4.74 Å². The first-order chi connectivity index (χ1) is 6.89. The van der Waals surface area contributed by atoms with Gasteiger partial charge in [-0.1, -0.05) is 0 Å². The van der Waals surface area contributed by atoms with Gasteiger partial charge in [-0.2, -0.15) is 0 Å². The average molecular weight is 213 g/mol. The average Bonchev–Trinajstić information content (AvgIpc) is 2.15. The van der Waals surface area contributed by atoms with E-state index in [9.17, 15) is 4.79 Å². The van der Waals surface area contributed by atoms with Crippen LogP contribution in [-0.4, -0.2) is 37.6 Å². The summed E-state index contributed by atoms with van der Waals surface area (Å²) in [4.78, 5) is 13.9. The van der Waals surface area contributed by atoms with Crippen molar-refractivity contribution in [2.75, 3.05) is 26.7 Å². The highest BCUT2D eigenvalue weighted by molar-refractivity contribution is 5.75. The van der Waals surface area contributed by atoms with E-state index in [0.29, 0.717) is 12.5 Å². The fourth-order valence-corrected chi connectivity index (χ4v) is 1.64. The Morgan fingerprint density at radius 3 is 2.33 bits per heavy atom. The Bertz CT molecular complexity index is 212. The Morgan fingerprint density at radius 1 is 1.33 bits per heavy atom. The second-order valence-electron chi connectivity index (χ2n) is 5.60. The summed E-state index contributed by atoms with van der Waals surface area (Å²) in [6.07, 6.45) is 2.29. The van der Waals surface area contributed by atoms with Gasteiger partial charge in [0.1, 0.15) is 0 Å². The molecule has 1 rings (SSSR count). The lowest BCUT2D eigenvalue weighted by atomic mass is 9.96. The Hall–Kier alpha value is -0.570. The summed E-state index contributed by atoms with van der Waals surface area (Å²) in [5.74, 6) is 0.480. The van der Waals surface area contributed by atoms with E-state index in [1.165, 1.54) is 0 Å². The third kappa shape index (κ3) is 4.20. The van der Waals surface area contributed by atoms with E-state index >= 15 is 0 Å². The van der Waals surface area contributed by atoms with Gasteiger partial charge in [0.05, 0.1) is 12.0 Å². The van der Waals surface area contributed by atoms with Crippen LogP contribution in [0.5, 0.6) is 0 Å². The SMILES string of the molecule is CN1CCC(COC(=O)C(C)(C)C)CC1. The van der Waals surface area contributed by atoms with Crippen LogP contribution in [0, 0.1) is 11.3 Å². The van der Waals surface area contributed by atoms with Crippen LogP contribution in [0.4, 0.5) is 0 Å². The number of hydrogen-bond donors (Lipinski definition) is 0. The lowest BCUT2D eigenvalue weighted by Gasteiger charge is -2.29. The second-order valence-corrected chi connectivity index (χ2v) is 5.60. The van der Waals surface area contributed by atoms with Gasteiger partial charge in [0.25, 0.3) is 0 Å². The summed E-state index contributed by atoms with van der Waals surface area (Å²) in [6, 6.07) is 0. The van der Waals surface area contributed by atoms with Crippen molar-refractivity contribution in [3.63, 3.8) is 0 Å². The molecule has 0 spiro atoms. The second kappa shape index (κ2) is 4.97. The van der Waals surface area contributed by atoms with E-state index in [2.05, 4.69) is 11.9 Å². The lowest BCUT2D eigenvalue weighted by Crippen LogP contribution is -2.33. The molecule has 0 N–H and O–H groups in total. The molecule has 0 aliphatic carbocycles. The van der Waals surface area contributed by atoms with Crippen LogP contribution < -0.4 is 0 Å². The van der Waals surface area contributed by atoms with Gasteiger partial charge in [0.15, 0.2) is 0 Å². The molecular weight excluding hydrogens is 190 g/mol. The molecule has 1 fully saturated rings. The van der Waals surface area contributed by atoms with Gasteiger partial charge in [-0.15, -0.1) is 0 Å². The van der Waals surface area contributed by atoms with Gasteiger partial charge in [0.2, 0.25) is 0 Å². The summed E-state index contributed by atoms with van der Waals surface area (Å²) in [7, 11) is 2.14. The minimum atomic E-state index is -0.370. The fourth-order valence-electron chi connectivity index (χ4n) is 1.64. The highest BCUT2D eigenvalue weighted by Crippen LogP contribution is 2.19. The van der Waals surface area contributed by atoms with Crippen molar-refractivity contribution in [2.24, 2.45) is 11.3 Å². The topological polar surface area (TPSA) is 29.5 Å². The van der Waals surface area contributed by atoms with E-state index in [1.54, 1.807) is 0 Å². The molecule has 15 heavy (non-hydrogen) atoms. The van der Waals surface area contributed by atoms with Crippen LogP contribution in [0.1, 0.15) is 33.6 Å². The first-order valence-corrected chi connectivity index (χ1v) is 5.75. The standard InChI is InChI=1S/C12H23NO2/c1-12(2,3)11(14)15-9-10-5-7-13(4)8-6-10/h10H,5-9H2,1-4H3. The van der Waals surface area contributed by atoms with Crippen LogP contribution in [0.2, 0.25) is 0 Å². The van der Waals surface area contributed by atoms with Gasteiger partial charge in [-0.25, -0.2) is 0 Å². The zero-order chi connectivity index (χ0) is 11.5. The third-order valence-corrected chi connectivity index (χ3v) is 2.90. The number of hydrogen-bond acceptors (Lipinski definition) is 3. The van der Waals surface area contributed by atoms with Crippen molar-refractivity contribution in [2.45, 2.75) is 33.6 Å². The van der Waals surface area contributed by atoms with Crippen LogP contribution in [0.25, 0.3) is 0 Å². The maximum absolute atomic E-state index is 11.5. The van der Waals surface area contributed by atoms with E-state index in [1.807, 2.05) is 20.8 Å². The molecule has 0 bridgehead atoms. The highest BCUT2D eigenvalue weighted by atomic mass is 16.5. The fraction of sp³-hybridized carbons (Fsp3) is 0.917. The number of nitrogens with zero attached hydrogens (tertiary/aromatic N) is 1. The van der Waals surface area contributed by atoms with Crippen molar-refractivity contribution in [1.29, 1.82) is 0 Å². The number of rotatable bonds is 2. The summed E-state index contributed by atoms with van der Waals surface area (Å²) < 4.78 is 5.32. The number of ether oxygens (including phenoxy) is 1. The van der Waals surface area contributed by atoms with Gasteiger partial charge in [0, 0.05) is 0 Å². The number of carbonyl (C=O) groups is 1. The highest BCUT2D eigenvalue weighted by Gasteiger charge is 2.25. The minimum Gasteiger partial charge on any atom is -0.465 e. The molecule has 0 aromatic heterocycles. The summed E-state index contributed by atoms with van der Waals surface area (Å²) >= 11 is 0. The normalized spacial score (nSPS) is 20.3. The molecule has 1 aliphatic heterocycles. The first kappa shape index (κ1) is 12.5. The number of piperidine rings is 1. The lowest BCUT2D eigenvalue weighted by molar-refractivity contribution is -0.154. The molecule has 0 saturated carbocycles. The molecule has 1 heterocycles. The summed E-state index contributed by atoms with van der Waals surface area (Å²) in [6.45, 7) is 8.53. The molecular formula is C12H23NO2. The molecule has 0 aromatic carbocycles. The van der Waals surface area contributed by atoms with E-state index in [0.717, 1.165) is 25.9 Å². The maximum Gasteiger partial charge on any atom is 0.311 e. The van der Waals surface area contributed by atoms with Crippen molar-refractivity contribution in [1.82, 2.24) is 4.90 Å². The largest absolute Gasteiger partial charge is 0.465 e. The monoisotopic (exact) mass is 213 g/mol.